The molecular weight excluding hydrogens is 306 g/mol. The van der Waals surface area contributed by atoms with Gasteiger partial charge in [-0.25, -0.2) is 4.98 Å². The molecule has 1 amide bonds. The monoisotopic (exact) mass is 331 g/mol. The second-order valence-corrected chi connectivity index (χ2v) is 6.59. The molecule has 1 aliphatic rings. The van der Waals surface area contributed by atoms with E-state index in [4.69, 9.17) is 0 Å². The van der Waals surface area contributed by atoms with Gasteiger partial charge in [0, 0.05) is 13.1 Å². The first kappa shape index (κ1) is 18.4. The third-order valence-electron chi connectivity index (χ3n) is 4.04. The van der Waals surface area contributed by atoms with Gasteiger partial charge in [0.25, 0.3) is 5.91 Å². The Morgan fingerprint density at radius 2 is 2.10 bits per heavy atom. The molecule has 0 atom stereocenters. The fourth-order valence-electron chi connectivity index (χ4n) is 2.72. The van der Waals surface area contributed by atoms with Gasteiger partial charge in [-0.3, -0.25) is 4.79 Å². The van der Waals surface area contributed by atoms with E-state index in [1.54, 1.807) is 11.3 Å². The first-order chi connectivity index (χ1) is 9.65. The third-order valence-corrected chi connectivity index (χ3v) is 5.33. The second kappa shape index (κ2) is 8.71. The lowest BCUT2D eigenvalue weighted by molar-refractivity contribution is 0.0691. The van der Waals surface area contributed by atoms with Crippen LogP contribution in [0.1, 0.15) is 46.6 Å². The van der Waals surface area contributed by atoms with Crippen molar-refractivity contribution in [2.45, 2.75) is 39.5 Å². The molecule has 21 heavy (non-hydrogen) atoms. The number of aryl methyl sites for hydroxylation is 2. The number of hydrogen-bond donors (Lipinski definition) is 1. The summed E-state index contributed by atoms with van der Waals surface area (Å²) in [4.78, 5) is 19.9. The zero-order valence-corrected chi connectivity index (χ0v) is 14.8. The molecule has 1 fully saturated rings. The molecule has 2 heterocycles. The van der Waals surface area contributed by atoms with Crippen molar-refractivity contribution in [3.8, 4) is 0 Å². The lowest BCUT2D eigenvalue weighted by Crippen LogP contribution is -2.38. The summed E-state index contributed by atoms with van der Waals surface area (Å²) in [6.45, 7) is 6.90. The van der Waals surface area contributed by atoms with Crippen molar-refractivity contribution < 1.29 is 4.79 Å². The summed E-state index contributed by atoms with van der Waals surface area (Å²) in [5.41, 5.74) is 0.897. The zero-order valence-electron chi connectivity index (χ0n) is 13.1. The molecule has 1 N–H and O–H groups in total. The first-order valence-corrected chi connectivity index (χ1v) is 8.37. The average molecular weight is 332 g/mol. The van der Waals surface area contributed by atoms with Crippen molar-refractivity contribution in [1.82, 2.24) is 15.2 Å². The summed E-state index contributed by atoms with van der Waals surface area (Å²) < 4.78 is 0. The smallest absolute Gasteiger partial charge is 0.265 e. The van der Waals surface area contributed by atoms with Crippen LogP contribution in [0.25, 0.3) is 0 Å². The number of carbonyl (C=O) groups is 1. The molecule has 0 bridgehead atoms. The molecule has 1 aromatic rings. The highest BCUT2D eigenvalue weighted by Crippen LogP contribution is 2.25. The van der Waals surface area contributed by atoms with E-state index in [0.717, 1.165) is 60.4 Å². The fourth-order valence-corrected chi connectivity index (χ4v) is 3.69. The van der Waals surface area contributed by atoms with Crippen molar-refractivity contribution in [2.24, 2.45) is 5.92 Å². The second-order valence-electron chi connectivity index (χ2n) is 5.50. The topological polar surface area (TPSA) is 45.2 Å². The Labute approximate surface area is 137 Å². The van der Waals surface area contributed by atoms with Crippen LogP contribution in [0.2, 0.25) is 0 Å². The van der Waals surface area contributed by atoms with Crippen LogP contribution in [0.4, 0.5) is 0 Å². The molecule has 0 unspecified atom stereocenters. The van der Waals surface area contributed by atoms with Gasteiger partial charge in [0.2, 0.25) is 0 Å². The van der Waals surface area contributed by atoms with Crippen molar-refractivity contribution >= 4 is 29.7 Å². The number of aromatic nitrogens is 1. The van der Waals surface area contributed by atoms with E-state index >= 15 is 0 Å². The molecule has 0 radical (unpaired) electrons. The molecule has 0 spiro atoms. The van der Waals surface area contributed by atoms with Crippen LogP contribution < -0.4 is 5.32 Å². The zero-order chi connectivity index (χ0) is 14.5. The number of thiazole rings is 1. The molecule has 0 aromatic carbocycles. The molecule has 1 aromatic heterocycles. The Kier molecular flexibility index (Phi) is 7.63. The standard InChI is InChI=1S/C15H25N3OS.ClH/c1-4-13-17-11(2)14(20-13)15(19)18-9-6-12(7-10-18)5-8-16-3;/h12,16H,4-10H2,1-3H3;1H. The predicted octanol–water partition coefficient (Wildman–Crippen LogP) is 2.90. The summed E-state index contributed by atoms with van der Waals surface area (Å²) in [6, 6.07) is 0. The molecule has 4 nitrogen and oxygen atoms in total. The number of halogens is 1. The van der Waals surface area contributed by atoms with Crippen LogP contribution >= 0.6 is 23.7 Å². The number of nitrogens with zero attached hydrogens (tertiary/aromatic N) is 2. The van der Waals surface area contributed by atoms with Gasteiger partial charge in [-0.1, -0.05) is 6.92 Å². The molecule has 2 rings (SSSR count). The largest absolute Gasteiger partial charge is 0.338 e. The van der Waals surface area contributed by atoms with E-state index in [1.807, 2.05) is 18.9 Å². The van der Waals surface area contributed by atoms with Crippen LogP contribution in [0.3, 0.4) is 0 Å². The van der Waals surface area contributed by atoms with Crippen molar-refractivity contribution in [1.29, 1.82) is 0 Å². The summed E-state index contributed by atoms with van der Waals surface area (Å²) in [5.74, 6) is 0.951. The van der Waals surface area contributed by atoms with E-state index in [1.165, 1.54) is 6.42 Å². The van der Waals surface area contributed by atoms with Gasteiger partial charge < -0.3 is 10.2 Å². The molecule has 120 valence electrons. The first-order valence-electron chi connectivity index (χ1n) is 7.55. The minimum atomic E-state index is 0. The van der Waals surface area contributed by atoms with Gasteiger partial charge >= 0.3 is 0 Å². The van der Waals surface area contributed by atoms with Crippen molar-refractivity contribution in [3.63, 3.8) is 0 Å². The predicted molar refractivity (Wildman–Crippen MR) is 90.6 cm³/mol. The molecule has 0 aliphatic carbocycles. The van der Waals surface area contributed by atoms with E-state index in [-0.39, 0.29) is 18.3 Å². The fraction of sp³-hybridized carbons (Fsp3) is 0.733. The van der Waals surface area contributed by atoms with Gasteiger partial charge in [0.15, 0.2) is 0 Å². The SMILES string of the molecule is CCc1nc(C)c(C(=O)N2CCC(CCNC)CC2)s1.Cl. The lowest BCUT2D eigenvalue weighted by atomic mass is 9.93. The number of nitrogens with one attached hydrogen (secondary N) is 1. The maximum atomic E-state index is 12.6. The third kappa shape index (κ3) is 4.66. The van der Waals surface area contributed by atoms with Crippen LogP contribution in [0, 0.1) is 12.8 Å². The van der Waals surface area contributed by atoms with Gasteiger partial charge in [-0.05, 0) is 52.1 Å². The van der Waals surface area contributed by atoms with E-state index in [9.17, 15) is 4.79 Å². The quantitative estimate of drug-likeness (QED) is 0.902. The van der Waals surface area contributed by atoms with Gasteiger partial charge in [0.05, 0.1) is 10.7 Å². The van der Waals surface area contributed by atoms with Crippen LogP contribution in [-0.4, -0.2) is 42.5 Å². The summed E-state index contributed by atoms with van der Waals surface area (Å²) >= 11 is 1.56. The number of carbonyl (C=O) groups excluding carboxylic acids is 1. The summed E-state index contributed by atoms with van der Waals surface area (Å²) in [7, 11) is 2.00. The average Bonchev–Trinajstić information content (AvgIpc) is 2.86. The maximum Gasteiger partial charge on any atom is 0.265 e. The number of rotatable bonds is 5. The van der Waals surface area contributed by atoms with Crippen LogP contribution in [-0.2, 0) is 6.42 Å². The molecule has 6 heteroatoms. The Morgan fingerprint density at radius 3 is 2.62 bits per heavy atom. The van der Waals surface area contributed by atoms with Crippen LogP contribution in [0.15, 0.2) is 0 Å². The number of amides is 1. The van der Waals surface area contributed by atoms with E-state index in [0.29, 0.717) is 0 Å². The number of piperidine rings is 1. The Balaban J connectivity index is 0.00000220. The Hall–Kier alpha value is -0.650. The molecule has 1 saturated heterocycles. The van der Waals surface area contributed by atoms with Gasteiger partial charge in [-0.2, -0.15) is 0 Å². The molecular formula is C15H26ClN3OS. The minimum Gasteiger partial charge on any atom is -0.338 e. The normalized spacial score (nSPS) is 15.9. The van der Waals surface area contributed by atoms with Crippen molar-refractivity contribution in [2.75, 3.05) is 26.7 Å². The lowest BCUT2D eigenvalue weighted by Gasteiger charge is -2.31. The van der Waals surface area contributed by atoms with Gasteiger partial charge in [0.1, 0.15) is 4.88 Å². The highest BCUT2D eigenvalue weighted by Gasteiger charge is 2.25. The van der Waals surface area contributed by atoms with Crippen molar-refractivity contribution in [3.05, 3.63) is 15.6 Å². The van der Waals surface area contributed by atoms with Gasteiger partial charge in [-0.15, -0.1) is 23.7 Å². The maximum absolute atomic E-state index is 12.6. The minimum absolute atomic E-state index is 0. The van der Waals surface area contributed by atoms with E-state index < -0.39 is 0 Å². The highest BCUT2D eigenvalue weighted by atomic mass is 35.5. The number of likely N-dealkylation sites (tertiary alicyclic amines) is 1. The summed E-state index contributed by atoms with van der Waals surface area (Å²) in [6.07, 6.45) is 4.39. The Bertz CT molecular complexity index is 456. The van der Waals surface area contributed by atoms with E-state index in [2.05, 4.69) is 17.2 Å². The van der Waals surface area contributed by atoms with Crippen LogP contribution in [0.5, 0.6) is 0 Å². The molecule has 0 saturated carbocycles. The summed E-state index contributed by atoms with van der Waals surface area (Å²) in [5, 5.41) is 4.27. The Morgan fingerprint density at radius 1 is 1.43 bits per heavy atom. The highest BCUT2D eigenvalue weighted by molar-refractivity contribution is 7.13. The molecule has 1 aliphatic heterocycles. The number of hydrogen-bond acceptors (Lipinski definition) is 4.